The molecule has 1 aromatic carbocycles. The van der Waals surface area contributed by atoms with Crippen molar-refractivity contribution in [1.29, 1.82) is 0 Å². The molecule has 8 nitrogen and oxygen atoms in total. The van der Waals surface area contributed by atoms with Crippen LogP contribution in [-0.4, -0.2) is 101 Å². The van der Waals surface area contributed by atoms with Gasteiger partial charge in [-0.3, -0.25) is 14.3 Å². The topological polar surface area (TPSA) is 66.7 Å². The Morgan fingerprint density at radius 3 is 2.48 bits per heavy atom. The maximum Gasteiger partial charge on any atom is 0.233 e. The molecule has 1 aromatic heterocycles. The van der Waals surface area contributed by atoms with Crippen LogP contribution in [0.3, 0.4) is 0 Å². The molecule has 0 aliphatic carbocycles. The number of nitrogens with zero attached hydrogens (tertiary/aromatic N) is 6. The molecule has 0 saturated carbocycles. The molecular weight excluding hydrogens is 388 g/mol. The highest BCUT2D eigenvalue weighted by molar-refractivity contribution is 7.99. The minimum Gasteiger partial charge on any atom is -0.379 e. The maximum absolute atomic E-state index is 12.7. The lowest BCUT2D eigenvalue weighted by Gasteiger charge is -2.32. The van der Waals surface area contributed by atoms with Crippen LogP contribution in [0.1, 0.15) is 5.82 Å². The summed E-state index contributed by atoms with van der Waals surface area (Å²) in [7, 11) is 2.09. The molecule has 156 valence electrons. The van der Waals surface area contributed by atoms with E-state index >= 15 is 0 Å². The van der Waals surface area contributed by atoms with Crippen LogP contribution in [0.5, 0.6) is 0 Å². The normalized spacial score (nSPS) is 18.9. The van der Waals surface area contributed by atoms with Gasteiger partial charge < -0.3 is 14.5 Å². The Morgan fingerprint density at radius 1 is 1.03 bits per heavy atom. The third-order valence-corrected chi connectivity index (χ3v) is 6.28. The van der Waals surface area contributed by atoms with Crippen molar-refractivity contribution in [2.75, 3.05) is 65.3 Å². The maximum atomic E-state index is 12.7. The first-order valence-corrected chi connectivity index (χ1v) is 11.1. The lowest BCUT2D eigenvalue weighted by atomic mass is 10.3. The zero-order valence-electron chi connectivity index (χ0n) is 16.9. The molecule has 29 heavy (non-hydrogen) atoms. The number of aromatic nitrogens is 3. The Kier molecular flexibility index (Phi) is 6.81. The molecule has 4 rings (SSSR count). The van der Waals surface area contributed by atoms with Crippen molar-refractivity contribution in [3.8, 4) is 5.69 Å². The van der Waals surface area contributed by atoms with Gasteiger partial charge in [0, 0.05) is 45.0 Å². The summed E-state index contributed by atoms with van der Waals surface area (Å²) in [6.07, 6.45) is 0. The number of morpholine rings is 1. The summed E-state index contributed by atoms with van der Waals surface area (Å²) in [5.41, 5.74) is 1.02. The molecule has 0 atom stereocenters. The first-order chi connectivity index (χ1) is 14.2. The van der Waals surface area contributed by atoms with Crippen LogP contribution in [0.4, 0.5) is 0 Å². The van der Waals surface area contributed by atoms with E-state index < -0.39 is 0 Å². The molecule has 2 fully saturated rings. The predicted octanol–water partition coefficient (Wildman–Crippen LogP) is 0.966. The van der Waals surface area contributed by atoms with Crippen LogP contribution < -0.4 is 0 Å². The van der Waals surface area contributed by atoms with Gasteiger partial charge in [0.2, 0.25) is 5.91 Å². The smallest absolute Gasteiger partial charge is 0.233 e. The van der Waals surface area contributed by atoms with Gasteiger partial charge in [-0.25, -0.2) is 0 Å². The minimum absolute atomic E-state index is 0.167. The van der Waals surface area contributed by atoms with E-state index in [1.807, 2.05) is 23.1 Å². The van der Waals surface area contributed by atoms with Gasteiger partial charge in [-0.2, -0.15) is 0 Å². The number of rotatable bonds is 6. The van der Waals surface area contributed by atoms with Crippen LogP contribution in [0.2, 0.25) is 0 Å². The number of piperazine rings is 1. The highest BCUT2D eigenvalue weighted by Crippen LogP contribution is 2.23. The summed E-state index contributed by atoms with van der Waals surface area (Å²) in [6, 6.07) is 10.1. The molecule has 0 radical (unpaired) electrons. The third-order valence-electron chi connectivity index (χ3n) is 5.36. The van der Waals surface area contributed by atoms with Gasteiger partial charge >= 0.3 is 0 Å². The van der Waals surface area contributed by atoms with E-state index in [2.05, 4.69) is 43.7 Å². The number of benzene rings is 1. The molecular formula is C20H28N6O2S. The van der Waals surface area contributed by atoms with Crippen molar-refractivity contribution < 1.29 is 9.53 Å². The third kappa shape index (κ3) is 5.16. The van der Waals surface area contributed by atoms with Gasteiger partial charge in [-0.1, -0.05) is 30.0 Å². The number of para-hydroxylation sites is 1. The molecule has 0 spiro atoms. The average Bonchev–Trinajstić information content (AvgIpc) is 3.16. The summed E-state index contributed by atoms with van der Waals surface area (Å²) in [5.74, 6) is 1.44. The molecule has 2 aliphatic rings. The van der Waals surface area contributed by atoms with E-state index in [0.29, 0.717) is 5.75 Å². The van der Waals surface area contributed by atoms with E-state index in [4.69, 9.17) is 4.74 Å². The fourth-order valence-electron chi connectivity index (χ4n) is 3.57. The first kappa shape index (κ1) is 20.3. The molecule has 2 saturated heterocycles. The van der Waals surface area contributed by atoms with E-state index in [-0.39, 0.29) is 5.91 Å². The van der Waals surface area contributed by atoms with E-state index in [0.717, 1.165) is 75.7 Å². The summed E-state index contributed by atoms with van der Waals surface area (Å²) >= 11 is 1.47. The molecule has 2 aliphatic heterocycles. The van der Waals surface area contributed by atoms with Crippen LogP contribution in [-0.2, 0) is 16.1 Å². The van der Waals surface area contributed by atoms with Crippen molar-refractivity contribution >= 4 is 17.7 Å². The number of hydrogen-bond donors (Lipinski definition) is 0. The number of likely N-dealkylation sites (N-methyl/N-ethyl adjacent to an activating group) is 1. The summed E-state index contributed by atoms with van der Waals surface area (Å²) in [5, 5.41) is 9.66. The fourth-order valence-corrected chi connectivity index (χ4v) is 4.44. The Bertz CT molecular complexity index is 801. The highest BCUT2D eigenvalue weighted by atomic mass is 32.2. The monoisotopic (exact) mass is 416 g/mol. The van der Waals surface area contributed by atoms with Gasteiger partial charge in [0.1, 0.15) is 0 Å². The number of ether oxygens (including phenoxy) is 1. The summed E-state index contributed by atoms with van der Waals surface area (Å²) < 4.78 is 7.53. The highest BCUT2D eigenvalue weighted by Gasteiger charge is 2.22. The molecule has 0 unspecified atom stereocenters. The molecule has 3 heterocycles. The molecule has 0 N–H and O–H groups in total. The number of carbonyl (C=O) groups is 1. The van der Waals surface area contributed by atoms with Crippen molar-refractivity contribution in [2.45, 2.75) is 11.7 Å². The van der Waals surface area contributed by atoms with Crippen LogP contribution >= 0.6 is 11.8 Å². The first-order valence-electron chi connectivity index (χ1n) is 10.1. The lowest BCUT2D eigenvalue weighted by Crippen LogP contribution is -2.47. The van der Waals surface area contributed by atoms with Crippen molar-refractivity contribution in [2.24, 2.45) is 0 Å². The van der Waals surface area contributed by atoms with Gasteiger partial charge in [0.15, 0.2) is 11.0 Å². The van der Waals surface area contributed by atoms with Crippen LogP contribution in [0, 0.1) is 0 Å². The molecule has 9 heteroatoms. The molecule has 0 bridgehead atoms. The largest absolute Gasteiger partial charge is 0.379 e. The summed E-state index contributed by atoms with van der Waals surface area (Å²) in [6.45, 7) is 7.46. The predicted molar refractivity (Wildman–Crippen MR) is 112 cm³/mol. The number of thioether (sulfide) groups is 1. The SMILES string of the molecule is CN1CCN(C(=O)CSc2nnc(CN3CCOCC3)n2-c2ccccc2)CC1. The second-order valence-electron chi connectivity index (χ2n) is 7.43. The quantitative estimate of drug-likeness (QED) is 0.650. The van der Waals surface area contributed by atoms with E-state index in [9.17, 15) is 4.79 Å². The van der Waals surface area contributed by atoms with Gasteiger partial charge in [-0.15, -0.1) is 10.2 Å². The number of carbonyl (C=O) groups excluding carboxylic acids is 1. The summed E-state index contributed by atoms with van der Waals surface area (Å²) in [4.78, 5) is 19.2. The van der Waals surface area contributed by atoms with Crippen molar-refractivity contribution in [3.63, 3.8) is 0 Å². The van der Waals surface area contributed by atoms with Crippen LogP contribution in [0.15, 0.2) is 35.5 Å². The minimum atomic E-state index is 0.167. The van der Waals surface area contributed by atoms with Gasteiger partial charge in [0.25, 0.3) is 0 Å². The Balaban J connectivity index is 1.48. The Hall–Kier alpha value is -1.94. The lowest BCUT2D eigenvalue weighted by molar-refractivity contribution is -0.129. The fraction of sp³-hybridized carbons (Fsp3) is 0.550. The van der Waals surface area contributed by atoms with E-state index in [1.165, 1.54) is 11.8 Å². The van der Waals surface area contributed by atoms with Crippen LogP contribution in [0.25, 0.3) is 5.69 Å². The van der Waals surface area contributed by atoms with Crippen molar-refractivity contribution in [3.05, 3.63) is 36.2 Å². The standard InChI is InChI=1S/C20H28N6O2S/c1-23-7-9-25(10-8-23)19(27)16-29-20-22-21-18(15-24-11-13-28-14-12-24)26(20)17-5-3-2-4-6-17/h2-6H,7-16H2,1H3. The van der Waals surface area contributed by atoms with Crippen molar-refractivity contribution in [1.82, 2.24) is 29.5 Å². The Morgan fingerprint density at radius 2 is 1.76 bits per heavy atom. The zero-order chi connectivity index (χ0) is 20.1. The second-order valence-corrected chi connectivity index (χ2v) is 8.37. The average molecular weight is 417 g/mol. The molecule has 2 aromatic rings. The second kappa shape index (κ2) is 9.71. The number of amides is 1. The van der Waals surface area contributed by atoms with E-state index in [1.54, 1.807) is 0 Å². The molecule has 1 amide bonds. The van der Waals surface area contributed by atoms with Gasteiger partial charge in [0.05, 0.1) is 25.5 Å². The number of hydrogen-bond acceptors (Lipinski definition) is 7. The Labute approximate surface area is 175 Å². The zero-order valence-corrected chi connectivity index (χ0v) is 17.7. The van der Waals surface area contributed by atoms with Gasteiger partial charge in [-0.05, 0) is 19.2 Å².